The molecular weight excluding hydrogens is 174 g/mol. The maximum absolute atomic E-state index is 6.10. The molecule has 1 atom stereocenters. The fraction of sp³-hybridized carbons (Fsp3) is 0.727. The van der Waals surface area contributed by atoms with Crippen LogP contribution in [0.15, 0.2) is 0 Å². The van der Waals surface area contributed by atoms with Gasteiger partial charge in [-0.25, -0.2) is 4.98 Å². The standard InChI is InChI=1S/C11H19N3/c1-3-5-10-13-9-7-4-6-8(12)11(9)14(10)2/h8H,3-7,12H2,1-2H3. The molecule has 0 aliphatic heterocycles. The number of nitrogens with zero attached hydrogens (tertiary/aromatic N) is 2. The Hall–Kier alpha value is -0.830. The van der Waals surface area contributed by atoms with Crippen LogP contribution in [0.5, 0.6) is 0 Å². The smallest absolute Gasteiger partial charge is 0.108 e. The van der Waals surface area contributed by atoms with E-state index >= 15 is 0 Å². The molecule has 3 heteroatoms. The van der Waals surface area contributed by atoms with Crippen LogP contribution in [0.4, 0.5) is 0 Å². The van der Waals surface area contributed by atoms with Crippen molar-refractivity contribution in [3.63, 3.8) is 0 Å². The molecule has 0 fully saturated rings. The third kappa shape index (κ3) is 1.46. The number of nitrogens with two attached hydrogens (primary N) is 1. The Bertz CT molecular complexity index is 328. The van der Waals surface area contributed by atoms with Gasteiger partial charge in [0, 0.05) is 19.5 Å². The van der Waals surface area contributed by atoms with Gasteiger partial charge in [0.15, 0.2) is 0 Å². The van der Waals surface area contributed by atoms with Crippen LogP contribution in [0.3, 0.4) is 0 Å². The summed E-state index contributed by atoms with van der Waals surface area (Å²) in [7, 11) is 2.10. The molecule has 0 saturated heterocycles. The molecule has 1 unspecified atom stereocenters. The molecule has 1 aliphatic rings. The molecule has 3 nitrogen and oxygen atoms in total. The zero-order valence-corrected chi connectivity index (χ0v) is 9.08. The summed E-state index contributed by atoms with van der Waals surface area (Å²) in [6.07, 6.45) is 5.63. The van der Waals surface area contributed by atoms with E-state index < -0.39 is 0 Å². The largest absolute Gasteiger partial charge is 0.333 e. The Kier molecular flexibility index (Phi) is 2.59. The lowest BCUT2D eigenvalue weighted by atomic mass is 9.97. The molecule has 0 amide bonds. The molecule has 14 heavy (non-hydrogen) atoms. The normalized spacial score (nSPS) is 20.9. The zero-order chi connectivity index (χ0) is 10.1. The highest BCUT2D eigenvalue weighted by atomic mass is 15.1. The van der Waals surface area contributed by atoms with Crippen LogP contribution < -0.4 is 5.73 Å². The van der Waals surface area contributed by atoms with Crippen molar-refractivity contribution in [2.45, 2.75) is 45.1 Å². The van der Waals surface area contributed by atoms with Gasteiger partial charge in [0.2, 0.25) is 0 Å². The summed E-state index contributed by atoms with van der Waals surface area (Å²) in [5.41, 5.74) is 8.62. The second-order valence-corrected chi connectivity index (χ2v) is 4.17. The van der Waals surface area contributed by atoms with E-state index in [0.29, 0.717) is 0 Å². The monoisotopic (exact) mass is 193 g/mol. The number of aromatic nitrogens is 2. The highest BCUT2D eigenvalue weighted by Gasteiger charge is 2.23. The highest BCUT2D eigenvalue weighted by molar-refractivity contribution is 5.23. The van der Waals surface area contributed by atoms with Gasteiger partial charge in [-0.2, -0.15) is 0 Å². The van der Waals surface area contributed by atoms with Crippen LogP contribution in [0, 0.1) is 0 Å². The number of hydrogen-bond acceptors (Lipinski definition) is 2. The van der Waals surface area contributed by atoms with Crippen LogP contribution >= 0.6 is 0 Å². The van der Waals surface area contributed by atoms with Crippen molar-refractivity contribution in [2.75, 3.05) is 0 Å². The third-order valence-electron chi connectivity index (χ3n) is 3.06. The van der Waals surface area contributed by atoms with E-state index in [4.69, 9.17) is 5.73 Å². The number of hydrogen-bond donors (Lipinski definition) is 1. The first-order valence-electron chi connectivity index (χ1n) is 5.54. The van der Waals surface area contributed by atoms with Gasteiger partial charge >= 0.3 is 0 Å². The lowest BCUT2D eigenvalue weighted by molar-refractivity contribution is 0.533. The summed E-state index contributed by atoms with van der Waals surface area (Å²) in [5, 5.41) is 0. The van der Waals surface area contributed by atoms with E-state index in [0.717, 1.165) is 25.7 Å². The molecule has 78 valence electrons. The molecule has 1 heterocycles. The van der Waals surface area contributed by atoms with Crippen molar-refractivity contribution in [2.24, 2.45) is 12.8 Å². The highest BCUT2D eigenvalue weighted by Crippen LogP contribution is 2.28. The van der Waals surface area contributed by atoms with Crippen LogP contribution in [-0.2, 0) is 19.9 Å². The van der Waals surface area contributed by atoms with Gasteiger partial charge < -0.3 is 10.3 Å². The first-order valence-corrected chi connectivity index (χ1v) is 5.54. The molecular formula is C11H19N3. The van der Waals surface area contributed by atoms with Crippen LogP contribution in [-0.4, -0.2) is 9.55 Å². The van der Waals surface area contributed by atoms with Crippen molar-refractivity contribution in [3.8, 4) is 0 Å². The van der Waals surface area contributed by atoms with E-state index in [-0.39, 0.29) is 6.04 Å². The Balaban J connectivity index is 2.39. The van der Waals surface area contributed by atoms with Crippen LogP contribution in [0.1, 0.15) is 49.4 Å². The molecule has 2 rings (SSSR count). The summed E-state index contributed by atoms with van der Waals surface area (Å²) >= 11 is 0. The number of fused-ring (bicyclic) bond motifs is 1. The molecule has 2 N–H and O–H groups in total. The predicted octanol–water partition coefficient (Wildman–Crippen LogP) is 1.71. The van der Waals surface area contributed by atoms with E-state index in [2.05, 4.69) is 23.5 Å². The average Bonchev–Trinajstić information content (AvgIpc) is 2.46. The minimum absolute atomic E-state index is 0.210. The Labute approximate surface area is 85.3 Å². The van der Waals surface area contributed by atoms with Gasteiger partial charge in [-0.1, -0.05) is 6.92 Å². The van der Waals surface area contributed by atoms with Crippen molar-refractivity contribution >= 4 is 0 Å². The minimum Gasteiger partial charge on any atom is -0.333 e. The first-order chi connectivity index (χ1) is 6.74. The van der Waals surface area contributed by atoms with E-state index in [9.17, 15) is 0 Å². The molecule has 0 bridgehead atoms. The van der Waals surface area contributed by atoms with Gasteiger partial charge in [0.1, 0.15) is 5.82 Å². The number of imidazole rings is 1. The topological polar surface area (TPSA) is 43.8 Å². The Morgan fingerprint density at radius 3 is 3.00 bits per heavy atom. The molecule has 1 aliphatic carbocycles. The van der Waals surface area contributed by atoms with Crippen molar-refractivity contribution in [1.82, 2.24) is 9.55 Å². The SMILES string of the molecule is CCCc1nc2c(n1C)C(N)CCC2. The van der Waals surface area contributed by atoms with Crippen LogP contribution in [0.25, 0.3) is 0 Å². The van der Waals surface area contributed by atoms with Gasteiger partial charge in [0.05, 0.1) is 11.4 Å². The second-order valence-electron chi connectivity index (χ2n) is 4.17. The minimum atomic E-state index is 0.210. The summed E-state index contributed by atoms with van der Waals surface area (Å²) in [6.45, 7) is 2.19. The lowest BCUT2D eigenvalue weighted by Gasteiger charge is -2.19. The second kappa shape index (κ2) is 3.73. The first kappa shape index (κ1) is 9.71. The summed E-state index contributed by atoms with van der Waals surface area (Å²) in [6, 6.07) is 0.210. The van der Waals surface area contributed by atoms with Gasteiger partial charge in [-0.05, 0) is 25.7 Å². The maximum atomic E-state index is 6.10. The van der Waals surface area contributed by atoms with Crippen LogP contribution in [0.2, 0.25) is 0 Å². The van der Waals surface area contributed by atoms with E-state index in [1.807, 2.05) is 0 Å². The summed E-state index contributed by atoms with van der Waals surface area (Å²) in [5.74, 6) is 1.20. The predicted molar refractivity (Wildman–Crippen MR) is 57.1 cm³/mol. The molecule has 1 aromatic heterocycles. The Morgan fingerprint density at radius 1 is 1.57 bits per heavy atom. The third-order valence-corrected chi connectivity index (χ3v) is 3.06. The molecule has 0 aromatic carbocycles. The number of rotatable bonds is 2. The van der Waals surface area contributed by atoms with Crippen molar-refractivity contribution < 1.29 is 0 Å². The quantitative estimate of drug-likeness (QED) is 0.777. The van der Waals surface area contributed by atoms with Gasteiger partial charge in [0.25, 0.3) is 0 Å². The molecule has 0 saturated carbocycles. The zero-order valence-electron chi connectivity index (χ0n) is 9.08. The lowest BCUT2D eigenvalue weighted by Crippen LogP contribution is -2.20. The maximum Gasteiger partial charge on any atom is 0.108 e. The molecule has 1 aromatic rings. The fourth-order valence-corrected chi connectivity index (χ4v) is 2.34. The fourth-order valence-electron chi connectivity index (χ4n) is 2.34. The Morgan fingerprint density at radius 2 is 2.36 bits per heavy atom. The van der Waals surface area contributed by atoms with Gasteiger partial charge in [-0.15, -0.1) is 0 Å². The number of aryl methyl sites for hydroxylation is 2. The van der Waals surface area contributed by atoms with Crippen molar-refractivity contribution in [1.29, 1.82) is 0 Å². The van der Waals surface area contributed by atoms with Crippen molar-refractivity contribution in [3.05, 3.63) is 17.2 Å². The van der Waals surface area contributed by atoms with Gasteiger partial charge in [-0.3, -0.25) is 0 Å². The molecule has 0 radical (unpaired) electrons. The van der Waals surface area contributed by atoms with E-state index in [1.165, 1.54) is 23.6 Å². The van der Waals surface area contributed by atoms with E-state index in [1.54, 1.807) is 0 Å². The summed E-state index contributed by atoms with van der Waals surface area (Å²) in [4.78, 5) is 4.67. The molecule has 0 spiro atoms. The average molecular weight is 193 g/mol. The summed E-state index contributed by atoms with van der Waals surface area (Å²) < 4.78 is 2.21.